The molecule has 0 heterocycles. The molecule has 21 heavy (non-hydrogen) atoms. The van der Waals surface area contributed by atoms with Crippen LogP contribution in [0.3, 0.4) is 0 Å². The van der Waals surface area contributed by atoms with Crippen LogP contribution in [0, 0.1) is 0 Å². The minimum Gasteiger partial charge on any atom is -0.493 e. The molecule has 0 bridgehead atoms. The smallest absolute Gasteiger partial charge is 0.203 e. The zero-order chi connectivity index (χ0) is 15.4. The maximum atomic E-state index is 11.6. The summed E-state index contributed by atoms with van der Waals surface area (Å²) < 4.78 is 16.0. The number of rotatable bonds is 4. The third kappa shape index (κ3) is 2.76. The van der Waals surface area contributed by atoms with Crippen molar-refractivity contribution in [2.75, 3.05) is 27.1 Å². The van der Waals surface area contributed by atoms with Crippen LogP contribution in [0.25, 0.3) is 11.1 Å². The van der Waals surface area contributed by atoms with Gasteiger partial charge in [-0.1, -0.05) is 12.1 Å². The van der Waals surface area contributed by atoms with Crippen LogP contribution in [0.15, 0.2) is 41.2 Å². The van der Waals surface area contributed by atoms with Gasteiger partial charge in [-0.25, -0.2) is 0 Å². The highest BCUT2D eigenvalue weighted by molar-refractivity contribution is 5.76. The lowest BCUT2D eigenvalue weighted by atomic mass is 10.1. The molecule has 5 nitrogen and oxygen atoms in total. The molecule has 0 fully saturated rings. The molecule has 0 aromatic heterocycles. The Hall–Kier alpha value is -2.69. The number of nitrogens with two attached hydrogens (primary N) is 1. The highest BCUT2D eigenvalue weighted by atomic mass is 16.5. The number of nitrogen functional groups attached to an aromatic ring is 1. The Labute approximate surface area is 122 Å². The van der Waals surface area contributed by atoms with E-state index in [9.17, 15) is 4.79 Å². The topological polar surface area (TPSA) is 70.8 Å². The summed E-state index contributed by atoms with van der Waals surface area (Å²) in [5.74, 6) is 1.61. The molecule has 0 saturated carbocycles. The van der Waals surface area contributed by atoms with E-state index in [1.165, 1.54) is 6.07 Å². The van der Waals surface area contributed by atoms with Gasteiger partial charge >= 0.3 is 0 Å². The van der Waals surface area contributed by atoms with Gasteiger partial charge in [-0.15, -0.1) is 0 Å². The van der Waals surface area contributed by atoms with E-state index in [1.807, 2.05) is 6.07 Å². The van der Waals surface area contributed by atoms with Crippen LogP contribution >= 0.6 is 0 Å². The first-order valence-electron chi connectivity index (χ1n) is 6.31. The normalized spacial score (nSPS) is 10.0. The number of anilines is 1. The molecule has 0 amide bonds. The first kappa shape index (κ1) is 14.7. The first-order valence-corrected chi connectivity index (χ1v) is 6.31. The Kier molecular flexibility index (Phi) is 4.33. The molecule has 2 rings (SSSR count). The average molecular weight is 287 g/mol. The zero-order valence-electron chi connectivity index (χ0n) is 12.2. The maximum absolute atomic E-state index is 11.6. The molecule has 0 unspecified atom stereocenters. The van der Waals surface area contributed by atoms with E-state index in [-0.39, 0.29) is 11.1 Å². The second-order valence-electron chi connectivity index (χ2n) is 4.32. The molecule has 0 saturated heterocycles. The maximum Gasteiger partial charge on any atom is 0.203 e. The summed E-state index contributed by atoms with van der Waals surface area (Å²) in [5.41, 5.74) is 7.18. The molecule has 0 aliphatic rings. The van der Waals surface area contributed by atoms with Gasteiger partial charge in [-0.3, -0.25) is 4.79 Å². The number of hydrogen-bond acceptors (Lipinski definition) is 5. The van der Waals surface area contributed by atoms with E-state index >= 15 is 0 Å². The highest BCUT2D eigenvalue weighted by Crippen LogP contribution is 2.43. The van der Waals surface area contributed by atoms with Crippen molar-refractivity contribution in [3.05, 3.63) is 46.6 Å². The molecule has 0 aliphatic carbocycles. The van der Waals surface area contributed by atoms with Crippen molar-refractivity contribution in [3.8, 4) is 28.4 Å². The Morgan fingerprint density at radius 1 is 0.810 bits per heavy atom. The fourth-order valence-corrected chi connectivity index (χ4v) is 2.09. The van der Waals surface area contributed by atoms with Gasteiger partial charge in [0, 0.05) is 5.56 Å². The summed E-state index contributed by atoms with van der Waals surface area (Å²) in [6, 6.07) is 10.1. The molecular weight excluding hydrogens is 270 g/mol. The summed E-state index contributed by atoms with van der Waals surface area (Å²) in [6.45, 7) is 0. The molecule has 2 N–H and O–H groups in total. The fraction of sp³-hybridized carbons (Fsp3) is 0.188. The molecule has 0 radical (unpaired) electrons. The second kappa shape index (κ2) is 6.17. The van der Waals surface area contributed by atoms with Crippen LogP contribution in [-0.4, -0.2) is 21.3 Å². The van der Waals surface area contributed by atoms with Crippen molar-refractivity contribution in [2.24, 2.45) is 0 Å². The largest absolute Gasteiger partial charge is 0.493 e. The van der Waals surface area contributed by atoms with Crippen molar-refractivity contribution in [3.63, 3.8) is 0 Å². The van der Waals surface area contributed by atoms with E-state index < -0.39 is 0 Å². The van der Waals surface area contributed by atoms with Gasteiger partial charge in [0.15, 0.2) is 11.5 Å². The van der Waals surface area contributed by atoms with Gasteiger partial charge in [-0.2, -0.15) is 0 Å². The Morgan fingerprint density at radius 3 is 2.10 bits per heavy atom. The molecule has 0 aliphatic heterocycles. The van der Waals surface area contributed by atoms with Gasteiger partial charge in [0.1, 0.15) is 0 Å². The van der Waals surface area contributed by atoms with Crippen LogP contribution in [0.2, 0.25) is 0 Å². The Morgan fingerprint density at radius 2 is 1.48 bits per heavy atom. The molecule has 0 atom stereocenters. The van der Waals surface area contributed by atoms with Crippen molar-refractivity contribution in [2.45, 2.75) is 0 Å². The van der Waals surface area contributed by atoms with Crippen LogP contribution < -0.4 is 25.4 Å². The predicted octanol–water partition coefficient (Wildman–Crippen LogP) is 2.32. The zero-order valence-corrected chi connectivity index (χ0v) is 12.2. The lowest BCUT2D eigenvalue weighted by Crippen LogP contribution is -2.01. The SMILES string of the molecule is COc1ccc(-c2ccc(N)c(=O)cc2)c(OC)c1OC. The standard InChI is InChI=1S/C16H17NO4/c1-19-14-9-6-11(15(20-2)16(14)21-3)10-4-7-12(17)13(18)8-5-10/h4-9H,1-3H3,(H2,17,18). The number of ether oxygens (including phenoxy) is 3. The van der Waals surface area contributed by atoms with Crippen molar-refractivity contribution in [1.29, 1.82) is 0 Å². The van der Waals surface area contributed by atoms with Gasteiger partial charge in [0.2, 0.25) is 11.2 Å². The molecule has 2 aromatic rings. The van der Waals surface area contributed by atoms with E-state index in [0.29, 0.717) is 17.2 Å². The van der Waals surface area contributed by atoms with Crippen molar-refractivity contribution >= 4 is 5.69 Å². The van der Waals surface area contributed by atoms with Gasteiger partial charge in [0.25, 0.3) is 0 Å². The minimum atomic E-state index is -0.222. The van der Waals surface area contributed by atoms with Crippen LogP contribution in [0.5, 0.6) is 17.2 Å². The van der Waals surface area contributed by atoms with Crippen molar-refractivity contribution < 1.29 is 14.2 Å². The summed E-state index contributed by atoms with van der Waals surface area (Å²) in [4.78, 5) is 11.6. The van der Waals surface area contributed by atoms with E-state index in [0.717, 1.165) is 11.1 Å². The molecule has 5 heteroatoms. The predicted molar refractivity (Wildman–Crippen MR) is 82.2 cm³/mol. The molecule has 110 valence electrons. The monoisotopic (exact) mass is 287 g/mol. The Balaban J connectivity index is 2.70. The van der Waals surface area contributed by atoms with Crippen molar-refractivity contribution in [1.82, 2.24) is 0 Å². The third-order valence-corrected chi connectivity index (χ3v) is 3.16. The lowest BCUT2D eigenvalue weighted by molar-refractivity contribution is 0.325. The summed E-state index contributed by atoms with van der Waals surface area (Å²) in [6.07, 6.45) is 0. The molecule has 2 aromatic carbocycles. The van der Waals surface area contributed by atoms with Gasteiger partial charge in [0.05, 0.1) is 27.0 Å². The van der Waals surface area contributed by atoms with Crippen LogP contribution in [0.4, 0.5) is 5.69 Å². The summed E-state index contributed by atoms with van der Waals surface area (Å²) >= 11 is 0. The van der Waals surface area contributed by atoms with E-state index in [2.05, 4.69) is 0 Å². The van der Waals surface area contributed by atoms with Gasteiger partial charge < -0.3 is 19.9 Å². The van der Waals surface area contributed by atoms with Crippen LogP contribution in [-0.2, 0) is 0 Å². The van der Waals surface area contributed by atoms with Crippen LogP contribution in [0.1, 0.15) is 0 Å². The fourth-order valence-electron chi connectivity index (χ4n) is 2.09. The number of benzene rings is 1. The summed E-state index contributed by atoms with van der Waals surface area (Å²) in [5, 5.41) is 0. The highest BCUT2D eigenvalue weighted by Gasteiger charge is 2.16. The van der Waals surface area contributed by atoms with E-state index in [4.69, 9.17) is 19.9 Å². The third-order valence-electron chi connectivity index (χ3n) is 3.16. The Bertz CT molecular complexity index is 713. The number of hydrogen-bond donors (Lipinski definition) is 1. The minimum absolute atomic E-state index is 0.195. The number of methoxy groups -OCH3 is 3. The van der Waals surface area contributed by atoms with Gasteiger partial charge in [-0.05, 0) is 29.8 Å². The first-order chi connectivity index (χ1) is 10.1. The lowest BCUT2D eigenvalue weighted by Gasteiger charge is -2.15. The molecule has 0 spiro atoms. The second-order valence-corrected chi connectivity index (χ2v) is 4.32. The summed E-state index contributed by atoms with van der Waals surface area (Å²) in [7, 11) is 4.66. The van der Waals surface area contributed by atoms with E-state index in [1.54, 1.807) is 45.6 Å². The quantitative estimate of drug-likeness (QED) is 0.934. The molecular formula is C16H17NO4. The average Bonchev–Trinajstić information content (AvgIpc) is 2.68.